The summed E-state index contributed by atoms with van der Waals surface area (Å²) in [4.78, 5) is 12.5. The van der Waals surface area contributed by atoms with Crippen molar-refractivity contribution in [3.8, 4) is 0 Å². The Balaban J connectivity index is 1.96. The van der Waals surface area contributed by atoms with Crippen molar-refractivity contribution in [2.24, 2.45) is 5.10 Å². The summed E-state index contributed by atoms with van der Waals surface area (Å²) in [6, 6.07) is 7.62. The molecule has 0 radical (unpaired) electrons. The number of hydrogen-bond donors (Lipinski definition) is 0. The van der Waals surface area contributed by atoms with Crippen LogP contribution >= 0.6 is 11.6 Å². The number of amides is 1. The molecule has 1 aliphatic rings. The van der Waals surface area contributed by atoms with Gasteiger partial charge in [0.2, 0.25) is 0 Å². The summed E-state index contributed by atoms with van der Waals surface area (Å²) >= 11 is 5.75. The van der Waals surface area contributed by atoms with Crippen molar-refractivity contribution in [1.82, 2.24) is 0 Å². The van der Waals surface area contributed by atoms with Crippen molar-refractivity contribution in [3.05, 3.63) is 58.3 Å². The number of hydrogen-bond acceptors (Lipinski definition) is 3. The molecular formula is C16H12ClFN2O2. The summed E-state index contributed by atoms with van der Waals surface area (Å²) in [6.07, 6.45) is 1.64. The van der Waals surface area contributed by atoms with Crippen LogP contribution in [0.2, 0.25) is 5.02 Å². The maximum Gasteiger partial charge on any atom is 0.280 e. The van der Waals surface area contributed by atoms with E-state index in [2.05, 4.69) is 5.10 Å². The van der Waals surface area contributed by atoms with Gasteiger partial charge in [-0.2, -0.15) is 10.1 Å². The van der Waals surface area contributed by atoms with E-state index in [1.807, 2.05) is 13.0 Å². The summed E-state index contributed by atoms with van der Waals surface area (Å²) in [5.41, 5.74) is 1.39. The van der Waals surface area contributed by atoms with Crippen LogP contribution in [0.25, 0.3) is 6.08 Å². The first-order chi connectivity index (χ1) is 10.5. The Morgan fingerprint density at radius 1 is 1.27 bits per heavy atom. The van der Waals surface area contributed by atoms with Crippen LogP contribution in [0.3, 0.4) is 0 Å². The van der Waals surface area contributed by atoms with Gasteiger partial charge in [0.1, 0.15) is 17.3 Å². The zero-order valence-corrected chi connectivity index (χ0v) is 12.7. The van der Waals surface area contributed by atoms with Gasteiger partial charge in [0.15, 0.2) is 0 Å². The van der Waals surface area contributed by atoms with Crippen LogP contribution in [-0.4, -0.2) is 11.6 Å². The fourth-order valence-electron chi connectivity index (χ4n) is 2.15. The van der Waals surface area contributed by atoms with Crippen molar-refractivity contribution in [2.45, 2.75) is 13.8 Å². The third kappa shape index (κ3) is 2.55. The quantitative estimate of drug-likeness (QED) is 0.779. The molecule has 0 fully saturated rings. The molecule has 0 N–H and O–H groups in total. The molecular weight excluding hydrogens is 307 g/mol. The number of furan rings is 1. The molecule has 0 atom stereocenters. The fraction of sp³-hybridized carbons (Fsp3) is 0.125. The minimum Gasteiger partial charge on any atom is -0.462 e. The minimum atomic E-state index is -0.542. The normalized spacial score (nSPS) is 16.5. The third-order valence-electron chi connectivity index (χ3n) is 3.26. The predicted molar refractivity (Wildman–Crippen MR) is 83.4 cm³/mol. The molecule has 112 valence electrons. The maximum absolute atomic E-state index is 13.2. The lowest BCUT2D eigenvalue weighted by Crippen LogP contribution is -2.21. The van der Waals surface area contributed by atoms with Crippen LogP contribution in [-0.2, 0) is 4.79 Å². The van der Waals surface area contributed by atoms with E-state index in [0.717, 1.165) is 5.76 Å². The summed E-state index contributed by atoms with van der Waals surface area (Å²) in [6.45, 7) is 3.55. The summed E-state index contributed by atoms with van der Waals surface area (Å²) in [5.74, 6) is 0.484. The van der Waals surface area contributed by atoms with E-state index in [4.69, 9.17) is 16.0 Å². The first kappa shape index (κ1) is 14.5. The van der Waals surface area contributed by atoms with Gasteiger partial charge < -0.3 is 4.42 Å². The van der Waals surface area contributed by atoms with E-state index < -0.39 is 5.82 Å². The molecule has 1 aromatic heterocycles. The van der Waals surface area contributed by atoms with Gasteiger partial charge in [-0.15, -0.1) is 0 Å². The lowest BCUT2D eigenvalue weighted by atomic mass is 10.1. The van der Waals surface area contributed by atoms with Gasteiger partial charge in [0.05, 0.1) is 22.0 Å². The number of carbonyl (C=O) groups excluding carboxylic acids is 1. The topological polar surface area (TPSA) is 45.8 Å². The molecule has 0 saturated heterocycles. The second-order valence-corrected chi connectivity index (χ2v) is 5.31. The van der Waals surface area contributed by atoms with E-state index in [-0.39, 0.29) is 10.9 Å². The number of halogens is 2. The number of hydrazone groups is 1. The van der Waals surface area contributed by atoms with Crippen LogP contribution < -0.4 is 5.01 Å². The van der Waals surface area contributed by atoms with Gasteiger partial charge >= 0.3 is 0 Å². The van der Waals surface area contributed by atoms with Gasteiger partial charge in [0.25, 0.3) is 5.91 Å². The molecule has 0 bridgehead atoms. The van der Waals surface area contributed by atoms with Crippen molar-refractivity contribution >= 4 is 35.0 Å². The van der Waals surface area contributed by atoms with Crippen LogP contribution in [0.1, 0.15) is 18.4 Å². The number of anilines is 1. The van der Waals surface area contributed by atoms with E-state index >= 15 is 0 Å². The van der Waals surface area contributed by atoms with Crippen molar-refractivity contribution in [3.63, 3.8) is 0 Å². The molecule has 6 heteroatoms. The summed E-state index contributed by atoms with van der Waals surface area (Å²) in [7, 11) is 0. The summed E-state index contributed by atoms with van der Waals surface area (Å²) in [5, 5.41) is 5.34. The van der Waals surface area contributed by atoms with Gasteiger partial charge in [-0.1, -0.05) is 11.6 Å². The molecule has 2 heterocycles. The maximum atomic E-state index is 13.2. The Morgan fingerprint density at radius 3 is 2.68 bits per heavy atom. The number of nitrogens with zero attached hydrogens (tertiary/aromatic N) is 2. The first-order valence-electron chi connectivity index (χ1n) is 6.59. The predicted octanol–water partition coefficient (Wildman–Crippen LogP) is 4.19. The van der Waals surface area contributed by atoms with Gasteiger partial charge in [-0.25, -0.2) is 4.39 Å². The Bertz CT molecular complexity index is 823. The molecule has 3 rings (SSSR count). The van der Waals surface area contributed by atoms with Crippen LogP contribution in [0.5, 0.6) is 0 Å². The zero-order valence-electron chi connectivity index (χ0n) is 11.9. The number of aryl methyl sites for hydroxylation is 1. The SMILES string of the molecule is CC1=NN(c2ccc(F)c(Cl)c2)C(=O)/C1=C/c1ccc(C)o1. The van der Waals surface area contributed by atoms with Gasteiger partial charge in [0, 0.05) is 0 Å². The molecule has 2 aromatic rings. The van der Waals surface area contributed by atoms with Gasteiger partial charge in [-0.05, 0) is 50.3 Å². The van der Waals surface area contributed by atoms with Gasteiger partial charge in [-0.3, -0.25) is 4.79 Å². The first-order valence-corrected chi connectivity index (χ1v) is 6.97. The highest BCUT2D eigenvalue weighted by Crippen LogP contribution is 2.28. The average Bonchev–Trinajstić information content (AvgIpc) is 3.00. The Hall–Kier alpha value is -2.40. The molecule has 22 heavy (non-hydrogen) atoms. The largest absolute Gasteiger partial charge is 0.462 e. The minimum absolute atomic E-state index is 0.0581. The van der Waals surface area contributed by atoms with Crippen LogP contribution in [0.15, 0.2) is 45.4 Å². The second-order valence-electron chi connectivity index (χ2n) is 4.91. The fourth-order valence-corrected chi connectivity index (χ4v) is 2.32. The zero-order chi connectivity index (χ0) is 15.9. The van der Waals surface area contributed by atoms with E-state index in [1.165, 1.54) is 23.2 Å². The van der Waals surface area contributed by atoms with E-state index in [9.17, 15) is 9.18 Å². The highest BCUT2D eigenvalue weighted by Gasteiger charge is 2.29. The number of rotatable bonds is 2. The highest BCUT2D eigenvalue weighted by atomic mass is 35.5. The van der Waals surface area contributed by atoms with Crippen LogP contribution in [0.4, 0.5) is 10.1 Å². The Labute approximate surface area is 131 Å². The van der Waals surface area contributed by atoms with E-state index in [1.54, 1.807) is 19.1 Å². The molecule has 1 amide bonds. The standard InChI is InChI=1S/C16H12ClFN2O2/c1-9-3-5-12(22-9)8-13-10(2)19-20(16(13)21)11-4-6-15(18)14(17)7-11/h3-8H,1-2H3/b13-8+. The number of carbonyl (C=O) groups is 1. The lowest BCUT2D eigenvalue weighted by Gasteiger charge is -2.12. The van der Waals surface area contributed by atoms with Crippen molar-refractivity contribution in [1.29, 1.82) is 0 Å². The number of benzene rings is 1. The molecule has 0 unspecified atom stereocenters. The van der Waals surface area contributed by atoms with E-state index in [0.29, 0.717) is 22.7 Å². The summed E-state index contributed by atoms with van der Waals surface area (Å²) < 4.78 is 18.7. The molecule has 0 spiro atoms. The van der Waals surface area contributed by atoms with Crippen molar-refractivity contribution < 1.29 is 13.6 Å². The van der Waals surface area contributed by atoms with Crippen LogP contribution in [0, 0.1) is 12.7 Å². The lowest BCUT2D eigenvalue weighted by molar-refractivity contribution is -0.114. The average molecular weight is 319 g/mol. The Kier molecular flexibility index (Phi) is 3.58. The smallest absolute Gasteiger partial charge is 0.280 e. The molecule has 4 nitrogen and oxygen atoms in total. The second kappa shape index (κ2) is 5.42. The van der Waals surface area contributed by atoms with Crippen molar-refractivity contribution in [2.75, 3.05) is 5.01 Å². The Morgan fingerprint density at radius 2 is 2.05 bits per heavy atom. The monoisotopic (exact) mass is 318 g/mol. The highest BCUT2D eigenvalue weighted by molar-refractivity contribution is 6.33. The molecule has 0 aliphatic carbocycles. The third-order valence-corrected chi connectivity index (χ3v) is 3.55. The molecule has 1 aromatic carbocycles. The molecule has 0 saturated carbocycles. The molecule has 1 aliphatic heterocycles.